The lowest BCUT2D eigenvalue weighted by molar-refractivity contribution is 0.102. The molecule has 3 aromatic rings. The summed E-state index contributed by atoms with van der Waals surface area (Å²) in [5.41, 5.74) is 0.854. The van der Waals surface area contributed by atoms with Crippen LogP contribution < -0.4 is 5.32 Å². The number of hydrogen-bond acceptors (Lipinski definition) is 2. The van der Waals surface area contributed by atoms with E-state index in [1.54, 1.807) is 24.4 Å². The summed E-state index contributed by atoms with van der Waals surface area (Å²) in [6.07, 6.45) is 1.54. The van der Waals surface area contributed by atoms with Crippen LogP contribution in [0.5, 0.6) is 0 Å². The maximum Gasteiger partial charge on any atom is 0.257 e. The summed E-state index contributed by atoms with van der Waals surface area (Å²) in [5, 5.41) is 8.02. The molecule has 2 aromatic carbocycles. The number of nitrogens with zero attached hydrogens (tertiary/aromatic N) is 2. The van der Waals surface area contributed by atoms with E-state index in [1.165, 1.54) is 22.9 Å². The molecule has 0 saturated carbocycles. The number of amides is 1. The Hall–Kier alpha value is -2.08. The quantitative estimate of drug-likeness (QED) is 0.649. The van der Waals surface area contributed by atoms with Gasteiger partial charge in [0.2, 0.25) is 0 Å². The second-order valence-electron chi connectivity index (χ2n) is 5.19. The first-order chi connectivity index (χ1) is 11.9. The minimum atomic E-state index is -0.512. The Morgan fingerprint density at radius 2 is 1.76 bits per heavy atom. The fraction of sp³-hybridized carbons (Fsp3) is 0.0588. The molecule has 0 aliphatic rings. The highest BCUT2D eigenvalue weighted by atomic mass is 35.5. The molecule has 0 bridgehead atoms. The number of carbonyl (C=O) groups excluding carboxylic acids is 1. The van der Waals surface area contributed by atoms with Crippen LogP contribution in [0.2, 0.25) is 15.1 Å². The van der Waals surface area contributed by atoms with Crippen molar-refractivity contribution < 1.29 is 9.18 Å². The molecule has 8 heteroatoms. The van der Waals surface area contributed by atoms with E-state index < -0.39 is 11.7 Å². The van der Waals surface area contributed by atoms with E-state index in [0.717, 1.165) is 6.07 Å². The second-order valence-corrected chi connectivity index (χ2v) is 6.41. The molecular weight excluding hydrogens is 388 g/mol. The number of hydrogen-bond donors (Lipinski definition) is 1. The van der Waals surface area contributed by atoms with Crippen molar-refractivity contribution in [2.45, 2.75) is 6.54 Å². The van der Waals surface area contributed by atoms with Crippen molar-refractivity contribution in [3.63, 3.8) is 0 Å². The van der Waals surface area contributed by atoms with E-state index >= 15 is 0 Å². The van der Waals surface area contributed by atoms with Crippen LogP contribution in [0.1, 0.15) is 15.9 Å². The zero-order valence-corrected chi connectivity index (χ0v) is 14.9. The van der Waals surface area contributed by atoms with Gasteiger partial charge in [-0.05, 0) is 30.3 Å². The van der Waals surface area contributed by atoms with Crippen LogP contribution in [0.15, 0.2) is 48.7 Å². The van der Waals surface area contributed by atoms with Gasteiger partial charge in [-0.1, -0.05) is 46.9 Å². The molecule has 1 heterocycles. The fourth-order valence-corrected chi connectivity index (χ4v) is 2.93. The van der Waals surface area contributed by atoms with Crippen LogP contribution in [0.3, 0.4) is 0 Å². The SMILES string of the molecule is O=C(Nc1nn(Cc2c(Cl)cccc2Cl)cc1Cl)c1cccc(F)c1. The number of nitrogens with one attached hydrogen (secondary N) is 1. The summed E-state index contributed by atoms with van der Waals surface area (Å²) in [6.45, 7) is 0.286. The molecule has 0 aliphatic carbocycles. The molecule has 0 spiro atoms. The van der Waals surface area contributed by atoms with Gasteiger partial charge in [0.1, 0.15) is 10.8 Å². The molecule has 3 rings (SSSR count). The van der Waals surface area contributed by atoms with E-state index in [1.807, 2.05) is 0 Å². The first kappa shape index (κ1) is 17.7. The molecule has 0 aliphatic heterocycles. The highest BCUT2D eigenvalue weighted by Crippen LogP contribution is 2.27. The summed E-state index contributed by atoms with van der Waals surface area (Å²) >= 11 is 18.4. The number of carbonyl (C=O) groups is 1. The molecule has 0 radical (unpaired) electrons. The fourth-order valence-electron chi connectivity index (χ4n) is 2.22. The largest absolute Gasteiger partial charge is 0.304 e. The third-order valence-corrected chi connectivity index (χ3v) is 4.40. The van der Waals surface area contributed by atoms with Gasteiger partial charge in [-0.2, -0.15) is 5.10 Å². The molecule has 0 unspecified atom stereocenters. The van der Waals surface area contributed by atoms with Gasteiger partial charge in [-0.25, -0.2) is 4.39 Å². The average molecular weight is 399 g/mol. The Balaban J connectivity index is 1.80. The number of anilines is 1. The first-order valence-corrected chi connectivity index (χ1v) is 8.30. The smallest absolute Gasteiger partial charge is 0.257 e. The van der Waals surface area contributed by atoms with E-state index in [2.05, 4.69) is 10.4 Å². The van der Waals surface area contributed by atoms with Crippen LogP contribution >= 0.6 is 34.8 Å². The standard InChI is InChI=1S/C17H11Cl3FN3O/c18-13-5-2-6-14(19)12(13)8-24-9-15(20)16(23-24)22-17(25)10-3-1-4-11(21)7-10/h1-7,9H,8H2,(H,22,23,25). The van der Waals surface area contributed by atoms with Gasteiger partial charge in [0.25, 0.3) is 5.91 Å². The van der Waals surface area contributed by atoms with Crippen LogP contribution in [0.4, 0.5) is 10.2 Å². The second kappa shape index (κ2) is 7.44. The molecule has 0 fully saturated rings. The van der Waals surface area contributed by atoms with E-state index in [0.29, 0.717) is 15.6 Å². The Labute approximate surface area is 158 Å². The molecule has 0 saturated heterocycles. The molecule has 4 nitrogen and oxygen atoms in total. The molecular formula is C17H11Cl3FN3O. The Morgan fingerprint density at radius 1 is 1.08 bits per heavy atom. The van der Waals surface area contributed by atoms with Crippen molar-refractivity contribution in [2.24, 2.45) is 0 Å². The Kier molecular flexibility index (Phi) is 5.27. The summed E-state index contributed by atoms with van der Waals surface area (Å²) in [7, 11) is 0. The number of rotatable bonds is 4. The lowest BCUT2D eigenvalue weighted by atomic mass is 10.2. The van der Waals surface area contributed by atoms with E-state index in [-0.39, 0.29) is 22.9 Å². The van der Waals surface area contributed by atoms with Crippen LogP contribution in [-0.4, -0.2) is 15.7 Å². The number of halogens is 4. The topological polar surface area (TPSA) is 46.9 Å². The number of aromatic nitrogens is 2. The first-order valence-electron chi connectivity index (χ1n) is 7.17. The Morgan fingerprint density at radius 3 is 2.44 bits per heavy atom. The summed E-state index contributed by atoms with van der Waals surface area (Å²) in [6, 6.07) is 10.5. The average Bonchev–Trinajstić information content (AvgIpc) is 2.90. The monoisotopic (exact) mass is 397 g/mol. The van der Waals surface area contributed by atoms with Crippen molar-refractivity contribution >= 4 is 46.5 Å². The van der Waals surface area contributed by atoms with Gasteiger partial charge < -0.3 is 5.32 Å². The molecule has 128 valence electrons. The van der Waals surface area contributed by atoms with Gasteiger partial charge in [0, 0.05) is 27.4 Å². The minimum absolute atomic E-state index is 0.166. The van der Waals surface area contributed by atoms with Gasteiger partial charge >= 0.3 is 0 Å². The van der Waals surface area contributed by atoms with Gasteiger partial charge in [-0.3, -0.25) is 9.48 Å². The van der Waals surface area contributed by atoms with Gasteiger partial charge in [0.15, 0.2) is 5.82 Å². The van der Waals surface area contributed by atoms with Crippen LogP contribution in [-0.2, 0) is 6.54 Å². The highest BCUT2D eigenvalue weighted by molar-refractivity contribution is 6.36. The van der Waals surface area contributed by atoms with Crippen LogP contribution in [0.25, 0.3) is 0 Å². The number of benzene rings is 2. The third-order valence-electron chi connectivity index (χ3n) is 3.42. The lowest BCUT2D eigenvalue weighted by Crippen LogP contribution is -2.13. The minimum Gasteiger partial charge on any atom is -0.304 e. The van der Waals surface area contributed by atoms with Crippen molar-refractivity contribution in [1.29, 1.82) is 0 Å². The third kappa shape index (κ3) is 4.12. The maximum atomic E-state index is 13.2. The van der Waals surface area contributed by atoms with Gasteiger partial charge in [0.05, 0.1) is 6.54 Å². The lowest BCUT2D eigenvalue weighted by Gasteiger charge is -2.07. The molecule has 1 N–H and O–H groups in total. The maximum absolute atomic E-state index is 13.2. The summed E-state index contributed by atoms with van der Waals surface area (Å²) in [5.74, 6) is -0.848. The molecule has 0 atom stereocenters. The summed E-state index contributed by atoms with van der Waals surface area (Å²) in [4.78, 5) is 12.2. The normalized spacial score (nSPS) is 10.7. The summed E-state index contributed by atoms with van der Waals surface area (Å²) < 4.78 is 14.7. The van der Waals surface area contributed by atoms with Gasteiger partial charge in [-0.15, -0.1) is 0 Å². The zero-order valence-electron chi connectivity index (χ0n) is 12.6. The van der Waals surface area contributed by atoms with E-state index in [9.17, 15) is 9.18 Å². The van der Waals surface area contributed by atoms with E-state index in [4.69, 9.17) is 34.8 Å². The Bertz CT molecular complexity index is 922. The molecule has 1 aromatic heterocycles. The van der Waals surface area contributed by atoms with Crippen molar-refractivity contribution in [1.82, 2.24) is 9.78 Å². The van der Waals surface area contributed by atoms with Crippen molar-refractivity contribution in [2.75, 3.05) is 5.32 Å². The molecule has 1 amide bonds. The molecule has 25 heavy (non-hydrogen) atoms. The van der Waals surface area contributed by atoms with Crippen molar-refractivity contribution in [3.8, 4) is 0 Å². The van der Waals surface area contributed by atoms with Crippen molar-refractivity contribution in [3.05, 3.63) is 80.7 Å². The van der Waals surface area contributed by atoms with Crippen LogP contribution in [0, 0.1) is 5.82 Å². The highest BCUT2D eigenvalue weighted by Gasteiger charge is 2.14. The predicted octanol–water partition coefficient (Wildman–Crippen LogP) is 5.28. The predicted molar refractivity (Wildman–Crippen MR) is 97.2 cm³/mol. The zero-order chi connectivity index (χ0) is 18.0.